The summed E-state index contributed by atoms with van der Waals surface area (Å²) in [5.41, 5.74) is 1.19. The molecule has 1 aromatic heterocycles. The van der Waals surface area contributed by atoms with Crippen molar-refractivity contribution >= 4 is 21.2 Å². The van der Waals surface area contributed by atoms with E-state index >= 15 is 0 Å². The number of rotatable bonds is 2. The quantitative estimate of drug-likeness (QED) is 0.862. The highest BCUT2D eigenvalue weighted by Gasteiger charge is 2.14. The van der Waals surface area contributed by atoms with E-state index in [2.05, 4.69) is 27.9 Å². The van der Waals surface area contributed by atoms with Crippen molar-refractivity contribution in [3.8, 4) is 0 Å². The molecule has 3 rings (SSSR count). The fourth-order valence-corrected chi connectivity index (χ4v) is 3.13. The van der Waals surface area contributed by atoms with Gasteiger partial charge in [-0.2, -0.15) is 0 Å². The van der Waals surface area contributed by atoms with E-state index in [4.69, 9.17) is 0 Å². The van der Waals surface area contributed by atoms with Gasteiger partial charge in [-0.15, -0.1) is 0 Å². The zero-order chi connectivity index (χ0) is 15.1. The second-order valence-corrected chi connectivity index (χ2v) is 6.31. The van der Waals surface area contributed by atoms with Gasteiger partial charge in [0.05, 0.1) is 0 Å². The van der Waals surface area contributed by atoms with Gasteiger partial charge in [0.25, 0.3) is 0 Å². The third-order valence-electron chi connectivity index (χ3n) is 3.49. The number of benzene rings is 1. The maximum atomic E-state index is 10.2. The number of pyridine rings is 1. The molecule has 6 heteroatoms. The summed E-state index contributed by atoms with van der Waals surface area (Å²) in [5, 5.41) is 1.25. The molecule has 0 spiro atoms. The number of fused-ring (bicyclic) bond motifs is 1. The molecule has 5 nitrogen and oxygen atoms in total. The molecular formula is C15H20N2O3S. The lowest BCUT2D eigenvalue weighted by molar-refractivity contribution is -0.344. The van der Waals surface area contributed by atoms with Crippen LogP contribution in [0, 0.1) is 0 Å². The lowest BCUT2D eigenvalue weighted by Crippen LogP contribution is -2.35. The fraction of sp³-hybridized carbons (Fsp3) is 0.400. The van der Waals surface area contributed by atoms with E-state index < -0.39 is 10.3 Å². The predicted molar refractivity (Wildman–Crippen MR) is 80.2 cm³/mol. The van der Waals surface area contributed by atoms with Gasteiger partial charge >= 0.3 is 0 Å². The molecule has 1 aromatic carbocycles. The van der Waals surface area contributed by atoms with Crippen LogP contribution in [0.1, 0.15) is 32.1 Å². The van der Waals surface area contributed by atoms with Gasteiger partial charge in [-0.05, 0) is 25.0 Å². The first-order valence-electron chi connectivity index (χ1n) is 7.13. The average Bonchev–Trinajstić information content (AvgIpc) is 2.47. The Labute approximate surface area is 125 Å². The topological polar surface area (TPSA) is 83.4 Å². The molecule has 1 aliphatic rings. The van der Waals surface area contributed by atoms with Crippen LogP contribution in [0.15, 0.2) is 42.6 Å². The highest BCUT2D eigenvalue weighted by Crippen LogP contribution is 2.17. The minimum Gasteiger partial charge on any atom is -0.735 e. The highest BCUT2D eigenvalue weighted by atomic mass is 32.2. The lowest BCUT2D eigenvalue weighted by Gasteiger charge is -2.23. The Morgan fingerprint density at radius 3 is 2.38 bits per heavy atom. The van der Waals surface area contributed by atoms with Crippen LogP contribution in [-0.2, 0) is 10.3 Å². The van der Waals surface area contributed by atoms with Crippen molar-refractivity contribution in [2.24, 2.45) is 0 Å². The van der Waals surface area contributed by atoms with Crippen molar-refractivity contribution in [3.63, 3.8) is 0 Å². The summed E-state index contributed by atoms with van der Waals surface area (Å²) in [7, 11) is -4.22. The van der Waals surface area contributed by atoms with Gasteiger partial charge in [0.15, 0.2) is 16.5 Å². The van der Waals surface area contributed by atoms with E-state index in [-0.39, 0.29) is 6.04 Å². The zero-order valence-corrected chi connectivity index (χ0v) is 12.6. The number of aromatic amines is 1. The molecule has 1 fully saturated rings. The summed E-state index contributed by atoms with van der Waals surface area (Å²) in [5.74, 6) is 0. The molecule has 0 bridgehead atoms. The van der Waals surface area contributed by atoms with Crippen LogP contribution in [0.5, 0.6) is 0 Å². The van der Waals surface area contributed by atoms with E-state index in [0.717, 1.165) is 32.1 Å². The van der Waals surface area contributed by atoms with E-state index in [1.54, 1.807) is 0 Å². The molecule has 1 saturated carbocycles. The minimum atomic E-state index is -4.22. The Bertz CT molecular complexity index is 602. The third-order valence-corrected chi connectivity index (χ3v) is 4.11. The van der Waals surface area contributed by atoms with Crippen molar-refractivity contribution in [2.75, 3.05) is 0 Å². The van der Waals surface area contributed by atoms with Crippen molar-refractivity contribution in [1.29, 1.82) is 0 Å². The van der Waals surface area contributed by atoms with Crippen LogP contribution in [-0.4, -0.2) is 19.0 Å². The van der Waals surface area contributed by atoms with Crippen LogP contribution in [0.2, 0.25) is 0 Å². The number of H-pyrrole nitrogens is 1. The highest BCUT2D eigenvalue weighted by molar-refractivity contribution is 7.83. The Morgan fingerprint density at radius 2 is 1.71 bits per heavy atom. The molecule has 0 radical (unpaired) electrons. The van der Waals surface area contributed by atoms with Crippen LogP contribution in [0.25, 0.3) is 10.9 Å². The summed E-state index contributed by atoms with van der Waals surface area (Å²) in [6, 6.07) is 12.2. The van der Waals surface area contributed by atoms with Gasteiger partial charge in [-0.25, -0.2) is 18.1 Å². The van der Waals surface area contributed by atoms with Gasteiger partial charge < -0.3 is 4.55 Å². The van der Waals surface area contributed by atoms with Gasteiger partial charge in [0, 0.05) is 23.6 Å². The minimum absolute atomic E-state index is 0.105. The van der Waals surface area contributed by atoms with Gasteiger partial charge in [0.1, 0.15) is 0 Å². The van der Waals surface area contributed by atoms with Crippen molar-refractivity contribution in [1.82, 2.24) is 4.72 Å². The molecule has 0 unspecified atom stereocenters. The van der Waals surface area contributed by atoms with Gasteiger partial charge in [0.2, 0.25) is 5.52 Å². The van der Waals surface area contributed by atoms with E-state index in [0.29, 0.717) is 0 Å². The zero-order valence-electron chi connectivity index (χ0n) is 11.8. The Balaban J connectivity index is 0.000000154. The monoisotopic (exact) mass is 308 g/mol. The number of aromatic nitrogens is 1. The summed E-state index contributed by atoms with van der Waals surface area (Å²) < 4.78 is 32.8. The largest absolute Gasteiger partial charge is 0.735 e. The second-order valence-electron chi connectivity index (χ2n) is 5.16. The maximum Gasteiger partial charge on any atom is 0.210 e. The van der Waals surface area contributed by atoms with Crippen molar-refractivity contribution < 1.29 is 18.0 Å². The SMILES string of the molecule is O=S(=O)([O-])NC1CCCCC1.c1ccc2[nH+]cccc2c1. The molecule has 21 heavy (non-hydrogen) atoms. The van der Waals surface area contributed by atoms with Gasteiger partial charge in [-0.3, -0.25) is 0 Å². The predicted octanol–water partition coefficient (Wildman–Crippen LogP) is 2.02. The molecule has 0 saturated heterocycles. The molecule has 0 amide bonds. The Morgan fingerprint density at radius 1 is 1.05 bits per heavy atom. The molecule has 0 atom stereocenters. The summed E-state index contributed by atoms with van der Waals surface area (Å²) >= 11 is 0. The molecule has 0 aliphatic heterocycles. The first-order chi connectivity index (χ1) is 10.0. The molecule has 114 valence electrons. The van der Waals surface area contributed by atoms with Crippen LogP contribution < -0.4 is 9.71 Å². The molecule has 2 N–H and O–H groups in total. The Hall–Kier alpha value is -1.50. The summed E-state index contributed by atoms with van der Waals surface area (Å²) in [4.78, 5) is 3.15. The summed E-state index contributed by atoms with van der Waals surface area (Å²) in [6.07, 6.45) is 6.74. The first kappa shape index (κ1) is 15.9. The molecular weight excluding hydrogens is 288 g/mol. The van der Waals surface area contributed by atoms with Crippen LogP contribution in [0.4, 0.5) is 0 Å². The lowest BCUT2D eigenvalue weighted by atomic mass is 9.96. The molecule has 2 aromatic rings. The van der Waals surface area contributed by atoms with Crippen molar-refractivity contribution in [3.05, 3.63) is 42.6 Å². The number of hydrogen-bond acceptors (Lipinski definition) is 3. The third kappa shape index (κ3) is 5.79. The summed E-state index contributed by atoms with van der Waals surface area (Å²) in [6.45, 7) is 0. The molecule has 1 aliphatic carbocycles. The van der Waals surface area contributed by atoms with Gasteiger partial charge in [-0.1, -0.05) is 31.4 Å². The maximum absolute atomic E-state index is 10.2. The first-order valence-corrected chi connectivity index (χ1v) is 8.54. The van der Waals surface area contributed by atoms with E-state index in [9.17, 15) is 13.0 Å². The van der Waals surface area contributed by atoms with E-state index in [1.807, 2.05) is 24.4 Å². The Kier molecular flexibility index (Phi) is 5.67. The van der Waals surface area contributed by atoms with E-state index in [1.165, 1.54) is 10.9 Å². The van der Waals surface area contributed by atoms with Crippen LogP contribution >= 0.6 is 0 Å². The number of para-hydroxylation sites is 1. The molecule has 1 heterocycles. The number of nitrogens with one attached hydrogen (secondary N) is 2. The normalized spacial score (nSPS) is 16.2. The smallest absolute Gasteiger partial charge is 0.210 e. The number of hydrogen-bond donors (Lipinski definition) is 1. The average molecular weight is 308 g/mol. The van der Waals surface area contributed by atoms with Crippen molar-refractivity contribution in [2.45, 2.75) is 38.1 Å². The fourth-order valence-electron chi connectivity index (χ4n) is 2.49. The standard InChI is InChI=1S/C9H7N.C6H13NO3S/c1-2-6-9-8(4-1)5-3-7-10-9;8-11(9,10)7-6-4-2-1-3-5-6/h1-7H;6-7H,1-5H2,(H,8,9,10). The van der Waals surface area contributed by atoms with Crippen LogP contribution in [0.3, 0.4) is 0 Å². The second kappa shape index (κ2) is 7.49.